The summed E-state index contributed by atoms with van der Waals surface area (Å²) in [5.41, 5.74) is 3.00. The van der Waals surface area contributed by atoms with Crippen LogP contribution in [0.3, 0.4) is 0 Å². The zero-order valence-corrected chi connectivity index (χ0v) is 26.1. The highest BCUT2D eigenvalue weighted by molar-refractivity contribution is 6.27. The monoisotopic (exact) mass is 619 g/mol. The average Bonchev–Trinajstić information content (AvgIpc) is 3.06. The quantitative estimate of drug-likeness (QED) is 0.172. The van der Waals surface area contributed by atoms with Crippen LogP contribution in [0.5, 0.6) is 23.0 Å². The molecule has 11 heteroatoms. The normalized spacial score (nSPS) is 12.9. The van der Waals surface area contributed by atoms with E-state index in [2.05, 4.69) is 25.8 Å². The van der Waals surface area contributed by atoms with Crippen LogP contribution < -0.4 is 35.1 Å². The van der Waals surface area contributed by atoms with E-state index in [-0.39, 0.29) is 23.9 Å². The second kappa shape index (κ2) is 15.7. The van der Waals surface area contributed by atoms with E-state index in [4.69, 9.17) is 25.8 Å². The number of alkyl halides is 1. The van der Waals surface area contributed by atoms with Gasteiger partial charge in [0.05, 0.1) is 19.7 Å². The van der Waals surface area contributed by atoms with Crippen LogP contribution in [0.15, 0.2) is 72.9 Å². The van der Waals surface area contributed by atoms with Gasteiger partial charge in [0, 0.05) is 59.9 Å². The van der Waals surface area contributed by atoms with E-state index in [1.165, 1.54) is 0 Å². The Balaban J connectivity index is 0.00000216. The van der Waals surface area contributed by atoms with Crippen LogP contribution >= 0.6 is 11.6 Å². The van der Waals surface area contributed by atoms with Crippen molar-refractivity contribution in [1.29, 1.82) is 0 Å². The third-order valence-electron chi connectivity index (χ3n) is 7.00. The number of methoxy groups -OCH3 is 2. The number of carbonyl (C=O) groups excluding carboxylic acids is 2. The van der Waals surface area contributed by atoms with E-state index in [0.717, 1.165) is 37.0 Å². The van der Waals surface area contributed by atoms with Crippen molar-refractivity contribution in [1.82, 2.24) is 10.3 Å². The number of carbonyl (C=O) groups is 2. The number of pyridine rings is 1. The molecule has 1 saturated heterocycles. The van der Waals surface area contributed by atoms with Gasteiger partial charge in [-0.25, -0.2) is 4.79 Å². The number of amides is 3. The van der Waals surface area contributed by atoms with Crippen LogP contribution in [0, 0.1) is 0 Å². The molecule has 1 fully saturated rings. The van der Waals surface area contributed by atoms with Gasteiger partial charge in [-0.05, 0) is 61.4 Å². The summed E-state index contributed by atoms with van der Waals surface area (Å²) in [5, 5.41) is 9.44. The number of fused-ring (bicyclic) bond motifs is 1. The molecule has 1 aromatic heterocycles. The highest BCUT2D eigenvalue weighted by Crippen LogP contribution is 2.37. The van der Waals surface area contributed by atoms with Crippen molar-refractivity contribution >= 4 is 51.5 Å². The fourth-order valence-electron chi connectivity index (χ4n) is 4.90. The third kappa shape index (κ3) is 8.23. The molecule has 10 nitrogen and oxygen atoms in total. The standard InChI is InChI=1S/C31H32ClN5O5.C2H6/c1-40-28-17-25-26(18-29(28)41-2)33-13-10-27(25)42-24-5-3-4-22(16-24)36-31(39)35-20-6-8-23(9-7-20)37-14-11-21(12-15-37)34-30(38)19-32;1-2/h3-10,13,16-18,21H,11-12,14-15,19H2,1-2H3,(H,34,38)(H2,35,36,39);1-2H3. The van der Waals surface area contributed by atoms with Gasteiger partial charge in [0.25, 0.3) is 0 Å². The van der Waals surface area contributed by atoms with Gasteiger partial charge in [0.1, 0.15) is 17.4 Å². The molecule has 3 aromatic carbocycles. The van der Waals surface area contributed by atoms with E-state index in [1.54, 1.807) is 50.7 Å². The predicted molar refractivity (Wildman–Crippen MR) is 176 cm³/mol. The summed E-state index contributed by atoms with van der Waals surface area (Å²) in [5.74, 6) is 2.14. The minimum atomic E-state index is -0.373. The van der Waals surface area contributed by atoms with Gasteiger partial charge in [-0.2, -0.15) is 0 Å². The zero-order chi connectivity index (χ0) is 31.5. The van der Waals surface area contributed by atoms with Gasteiger partial charge in [-0.3, -0.25) is 9.78 Å². The van der Waals surface area contributed by atoms with Gasteiger partial charge in [-0.15, -0.1) is 11.6 Å². The molecule has 5 rings (SSSR count). The molecule has 4 aromatic rings. The molecular formula is C33H38ClN5O5. The van der Waals surface area contributed by atoms with Crippen LogP contribution in [0.4, 0.5) is 21.9 Å². The Labute approximate surface area is 262 Å². The number of ether oxygens (including phenoxy) is 3. The van der Waals surface area contributed by atoms with Crippen LogP contribution in [0.1, 0.15) is 26.7 Å². The SMILES string of the molecule is CC.COc1cc2nccc(Oc3cccc(NC(=O)Nc4ccc(N5CCC(NC(=O)CCl)CC5)cc4)c3)c2cc1OC. The number of halogens is 1. The number of hydrogen-bond donors (Lipinski definition) is 3. The Morgan fingerprint density at radius 3 is 2.25 bits per heavy atom. The molecule has 3 amide bonds. The summed E-state index contributed by atoms with van der Waals surface area (Å²) in [4.78, 5) is 30.9. The van der Waals surface area contributed by atoms with Crippen molar-refractivity contribution in [3.8, 4) is 23.0 Å². The van der Waals surface area contributed by atoms with Crippen molar-refractivity contribution in [2.75, 3.05) is 48.7 Å². The Morgan fingerprint density at radius 1 is 0.886 bits per heavy atom. The Kier molecular flexibility index (Phi) is 11.5. The molecule has 0 spiro atoms. The first kappa shape index (κ1) is 32.2. The molecule has 0 radical (unpaired) electrons. The van der Waals surface area contributed by atoms with Crippen molar-refractivity contribution in [3.05, 3.63) is 72.9 Å². The molecule has 0 saturated carbocycles. The number of aromatic nitrogens is 1. The van der Waals surface area contributed by atoms with Crippen LogP contribution in [-0.2, 0) is 4.79 Å². The van der Waals surface area contributed by atoms with Crippen LogP contribution in [0.25, 0.3) is 10.9 Å². The molecule has 1 aliphatic rings. The molecule has 44 heavy (non-hydrogen) atoms. The van der Waals surface area contributed by atoms with Crippen molar-refractivity contribution in [2.45, 2.75) is 32.7 Å². The molecule has 2 heterocycles. The minimum absolute atomic E-state index is 0.0170. The summed E-state index contributed by atoms with van der Waals surface area (Å²) >= 11 is 5.59. The summed E-state index contributed by atoms with van der Waals surface area (Å²) in [6, 6.07) is 20.0. The maximum absolute atomic E-state index is 12.7. The first-order valence-corrected chi connectivity index (χ1v) is 15.1. The summed E-state index contributed by atoms with van der Waals surface area (Å²) in [7, 11) is 3.15. The topological polar surface area (TPSA) is 114 Å². The van der Waals surface area contributed by atoms with E-state index < -0.39 is 0 Å². The number of anilines is 3. The van der Waals surface area contributed by atoms with E-state index in [0.29, 0.717) is 39.9 Å². The fraction of sp³-hybridized carbons (Fsp3) is 0.303. The average molecular weight is 620 g/mol. The fourth-order valence-corrected chi connectivity index (χ4v) is 4.98. The first-order valence-electron chi connectivity index (χ1n) is 14.5. The largest absolute Gasteiger partial charge is 0.493 e. The van der Waals surface area contributed by atoms with Crippen LogP contribution in [0.2, 0.25) is 0 Å². The molecular weight excluding hydrogens is 582 g/mol. The zero-order valence-electron chi connectivity index (χ0n) is 25.4. The third-order valence-corrected chi connectivity index (χ3v) is 7.24. The lowest BCUT2D eigenvalue weighted by Gasteiger charge is -2.34. The molecule has 0 bridgehead atoms. The lowest BCUT2D eigenvalue weighted by atomic mass is 10.0. The van der Waals surface area contributed by atoms with Crippen molar-refractivity contribution in [2.24, 2.45) is 0 Å². The number of nitrogens with one attached hydrogen (secondary N) is 3. The number of benzene rings is 3. The second-order valence-electron chi connectivity index (χ2n) is 9.75. The predicted octanol–water partition coefficient (Wildman–Crippen LogP) is 7.04. The Morgan fingerprint density at radius 2 is 1.57 bits per heavy atom. The Bertz CT molecular complexity index is 1560. The number of hydrogen-bond acceptors (Lipinski definition) is 7. The molecule has 0 unspecified atom stereocenters. The number of piperidine rings is 1. The second-order valence-corrected chi connectivity index (χ2v) is 10.0. The van der Waals surface area contributed by atoms with Crippen molar-refractivity contribution < 1.29 is 23.8 Å². The molecule has 0 atom stereocenters. The van der Waals surface area contributed by atoms with E-state index >= 15 is 0 Å². The van der Waals surface area contributed by atoms with Gasteiger partial charge in [0.15, 0.2) is 11.5 Å². The molecule has 232 valence electrons. The lowest BCUT2D eigenvalue weighted by molar-refractivity contribution is -0.119. The van der Waals surface area contributed by atoms with E-state index in [9.17, 15) is 9.59 Å². The highest BCUT2D eigenvalue weighted by atomic mass is 35.5. The lowest BCUT2D eigenvalue weighted by Crippen LogP contribution is -2.45. The van der Waals surface area contributed by atoms with Gasteiger partial charge in [0.2, 0.25) is 5.91 Å². The Hall–Kier alpha value is -4.70. The van der Waals surface area contributed by atoms with E-state index in [1.807, 2.05) is 50.2 Å². The molecule has 3 N–H and O–H groups in total. The molecule has 1 aliphatic heterocycles. The minimum Gasteiger partial charge on any atom is -0.493 e. The number of urea groups is 1. The molecule has 0 aliphatic carbocycles. The summed E-state index contributed by atoms with van der Waals surface area (Å²) in [6.45, 7) is 5.66. The summed E-state index contributed by atoms with van der Waals surface area (Å²) in [6.07, 6.45) is 3.37. The van der Waals surface area contributed by atoms with Gasteiger partial charge < -0.3 is 35.1 Å². The van der Waals surface area contributed by atoms with Gasteiger partial charge in [-0.1, -0.05) is 19.9 Å². The first-order chi connectivity index (χ1) is 21.4. The maximum Gasteiger partial charge on any atom is 0.323 e. The number of nitrogens with zero attached hydrogens (tertiary/aromatic N) is 2. The van der Waals surface area contributed by atoms with Gasteiger partial charge >= 0.3 is 6.03 Å². The maximum atomic E-state index is 12.7. The summed E-state index contributed by atoms with van der Waals surface area (Å²) < 4.78 is 17.0. The van der Waals surface area contributed by atoms with Crippen molar-refractivity contribution in [3.63, 3.8) is 0 Å². The smallest absolute Gasteiger partial charge is 0.323 e. The highest BCUT2D eigenvalue weighted by Gasteiger charge is 2.20. The van der Waals surface area contributed by atoms with Crippen LogP contribution in [-0.4, -0.2) is 56.2 Å². The number of rotatable bonds is 9.